The number of benzene rings is 1. The molecule has 0 saturated carbocycles. The van der Waals surface area contributed by atoms with E-state index in [2.05, 4.69) is 20.6 Å². The van der Waals surface area contributed by atoms with E-state index in [0.717, 1.165) is 22.6 Å². The zero-order valence-corrected chi connectivity index (χ0v) is 17.9. The van der Waals surface area contributed by atoms with Gasteiger partial charge in [-0.1, -0.05) is 35.5 Å². The molecule has 4 aromatic heterocycles. The molecule has 0 saturated heterocycles. The minimum Gasteiger partial charge on any atom is -0.466 e. The number of carbonyl (C=O) groups is 1. The minimum absolute atomic E-state index is 0.294. The molecule has 0 bridgehead atoms. The highest BCUT2D eigenvalue weighted by Gasteiger charge is 2.22. The molecule has 1 amide bonds. The average molecular weight is 427 g/mol. The quantitative estimate of drug-likeness (QED) is 0.428. The van der Waals surface area contributed by atoms with Crippen LogP contribution in [0.15, 0.2) is 63.7 Å². The monoisotopic (exact) mass is 427 g/mol. The Bertz CT molecular complexity index is 1430. The zero-order valence-electron chi connectivity index (χ0n) is 17.9. The first-order valence-corrected chi connectivity index (χ1v) is 10.2. The lowest BCUT2D eigenvalue weighted by Crippen LogP contribution is -2.17. The number of rotatable bonds is 5. The van der Waals surface area contributed by atoms with Gasteiger partial charge >= 0.3 is 0 Å². The molecule has 5 aromatic rings. The predicted molar refractivity (Wildman–Crippen MR) is 119 cm³/mol. The average Bonchev–Trinajstić information content (AvgIpc) is 3.47. The highest BCUT2D eigenvalue weighted by atomic mass is 16.5. The van der Waals surface area contributed by atoms with Gasteiger partial charge in [-0.2, -0.15) is 5.10 Å². The summed E-state index contributed by atoms with van der Waals surface area (Å²) < 4.78 is 12.8. The normalized spacial score (nSPS) is 11.2. The van der Waals surface area contributed by atoms with Crippen molar-refractivity contribution in [3.05, 3.63) is 83.1 Å². The van der Waals surface area contributed by atoms with Gasteiger partial charge in [-0.25, -0.2) is 9.67 Å². The molecule has 160 valence electrons. The Kier molecular flexibility index (Phi) is 4.82. The largest absolute Gasteiger partial charge is 0.466 e. The summed E-state index contributed by atoms with van der Waals surface area (Å²) in [6.45, 7) is 6.06. The summed E-state index contributed by atoms with van der Waals surface area (Å²) >= 11 is 0. The molecular formula is C24H21N5O3. The van der Waals surface area contributed by atoms with Gasteiger partial charge in [-0.05, 0) is 38.5 Å². The highest BCUT2D eigenvalue weighted by Crippen LogP contribution is 2.30. The number of anilines is 1. The van der Waals surface area contributed by atoms with Gasteiger partial charge in [0, 0.05) is 11.6 Å². The number of aromatic nitrogens is 4. The van der Waals surface area contributed by atoms with Crippen molar-refractivity contribution in [3.63, 3.8) is 0 Å². The smallest absolute Gasteiger partial charge is 0.259 e. The van der Waals surface area contributed by atoms with E-state index in [0.29, 0.717) is 40.4 Å². The Hall–Kier alpha value is -4.20. The second-order valence-electron chi connectivity index (χ2n) is 7.64. The SMILES string of the molecule is Cc1cc(-c2cc(C(=O)Nc3ccnn3Cc3ccccc3)c3c(C)noc3n2)c(C)o1. The van der Waals surface area contributed by atoms with Crippen molar-refractivity contribution in [1.82, 2.24) is 19.9 Å². The fraction of sp³-hybridized carbons (Fsp3) is 0.167. The van der Waals surface area contributed by atoms with Gasteiger partial charge < -0.3 is 14.3 Å². The van der Waals surface area contributed by atoms with Crippen LogP contribution in [0.2, 0.25) is 0 Å². The number of aryl methyl sites for hydroxylation is 3. The van der Waals surface area contributed by atoms with E-state index in [9.17, 15) is 4.79 Å². The van der Waals surface area contributed by atoms with E-state index in [-0.39, 0.29) is 5.91 Å². The summed E-state index contributed by atoms with van der Waals surface area (Å²) in [4.78, 5) is 17.9. The lowest BCUT2D eigenvalue weighted by Gasteiger charge is -2.10. The second-order valence-corrected chi connectivity index (χ2v) is 7.64. The fourth-order valence-corrected chi connectivity index (χ4v) is 3.80. The molecule has 32 heavy (non-hydrogen) atoms. The van der Waals surface area contributed by atoms with Crippen molar-refractivity contribution in [1.29, 1.82) is 0 Å². The maximum absolute atomic E-state index is 13.4. The van der Waals surface area contributed by atoms with Gasteiger partial charge in [0.15, 0.2) is 0 Å². The Morgan fingerprint density at radius 2 is 1.91 bits per heavy atom. The van der Waals surface area contributed by atoms with Gasteiger partial charge in [-0.3, -0.25) is 4.79 Å². The molecule has 0 aliphatic heterocycles. The molecular weight excluding hydrogens is 406 g/mol. The number of hydrogen-bond donors (Lipinski definition) is 1. The summed E-state index contributed by atoms with van der Waals surface area (Å²) in [5, 5.41) is 11.9. The summed E-state index contributed by atoms with van der Waals surface area (Å²) in [5.41, 5.74) is 3.81. The highest BCUT2D eigenvalue weighted by molar-refractivity contribution is 6.12. The standard InChI is InChI=1S/C24H21N5O3/c1-14-11-18(16(3)31-14)20-12-19(22-15(2)28-32-24(22)26-20)23(30)27-21-9-10-25-29(21)13-17-7-5-4-6-8-17/h4-12H,13H2,1-3H3,(H,27,30). The fourth-order valence-electron chi connectivity index (χ4n) is 3.80. The van der Waals surface area contributed by atoms with Gasteiger partial charge in [0.05, 0.1) is 35.1 Å². The van der Waals surface area contributed by atoms with Crippen LogP contribution in [0.5, 0.6) is 0 Å². The minimum atomic E-state index is -0.294. The maximum Gasteiger partial charge on any atom is 0.259 e. The van der Waals surface area contributed by atoms with E-state index in [4.69, 9.17) is 8.94 Å². The van der Waals surface area contributed by atoms with Gasteiger partial charge in [-0.15, -0.1) is 0 Å². The van der Waals surface area contributed by atoms with Gasteiger partial charge in [0.2, 0.25) is 0 Å². The third kappa shape index (κ3) is 3.56. The van der Waals surface area contributed by atoms with E-state index in [1.807, 2.05) is 50.2 Å². The van der Waals surface area contributed by atoms with Crippen LogP contribution in [-0.2, 0) is 6.54 Å². The number of carbonyl (C=O) groups excluding carboxylic acids is 1. The van der Waals surface area contributed by atoms with E-state index in [1.54, 1.807) is 29.9 Å². The second kappa shape index (κ2) is 7.81. The third-order valence-electron chi connectivity index (χ3n) is 5.31. The van der Waals surface area contributed by atoms with Crippen molar-refractivity contribution in [2.24, 2.45) is 0 Å². The molecule has 0 unspecified atom stereocenters. The topological polar surface area (TPSA) is 99.0 Å². The lowest BCUT2D eigenvalue weighted by atomic mass is 10.1. The van der Waals surface area contributed by atoms with Gasteiger partial charge in [0.1, 0.15) is 17.3 Å². The van der Waals surface area contributed by atoms with E-state index in [1.165, 1.54) is 0 Å². The van der Waals surface area contributed by atoms with Crippen molar-refractivity contribution in [2.75, 3.05) is 5.32 Å². The number of hydrogen-bond acceptors (Lipinski definition) is 6. The molecule has 4 heterocycles. The molecule has 1 aromatic carbocycles. The Balaban J connectivity index is 1.52. The summed E-state index contributed by atoms with van der Waals surface area (Å²) in [7, 11) is 0. The molecule has 8 heteroatoms. The lowest BCUT2D eigenvalue weighted by molar-refractivity contribution is 0.102. The molecule has 5 rings (SSSR count). The molecule has 1 N–H and O–H groups in total. The first kappa shape index (κ1) is 19.7. The molecule has 0 radical (unpaired) electrons. The van der Waals surface area contributed by atoms with E-state index >= 15 is 0 Å². The number of nitrogens with one attached hydrogen (secondary N) is 1. The van der Waals surface area contributed by atoms with Crippen molar-refractivity contribution in [3.8, 4) is 11.3 Å². The Morgan fingerprint density at radius 3 is 2.66 bits per heavy atom. The van der Waals surface area contributed by atoms with Crippen LogP contribution >= 0.6 is 0 Å². The number of pyridine rings is 1. The Morgan fingerprint density at radius 1 is 1.09 bits per heavy atom. The van der Waals surface area contributed by atoms with Crippen LogP contribution < -0.4 is 5.32 Å². The molecule has 0 aliphatic carbocycles. The van der Waals surface area contributed by atoms with Crippen LogP contribution in [0.4, 0.5) is 5.82 Å². The molecule has 0 spiro atoms. The molecule has 8 nitrogen and oxygen atoms in total. The van der Waals surface area contributed by atoms with Crippen LogP contribution in [0.25, 0.3) is 22.4 Å². The molecule has 0 atom stereocenters. The number of fused-ring (bicyclic) bond motifs is 1. The predicted octanol–water partition coefficient (Wildman–Crippen LogP) is 4.91. The Labute approximate surface area is 183 Å². The van der Waals surface area contributed by atoms with E-state index < -0.39 is 0 Å². The molecule has 0 fully saturated rings. The summed E-state index contributed by atoms with van der Waals surface area (Å²) in [5.74, 6) is 1.79. The first-order valence-electron chi connectivity index (χ1n) is 10.2. The molecule has 0 aliphatic rings. The van der Waals surface area contributed by atoms with Crippen molar-refractivity contribution < 1.29 is 13.7 Å². The van der Waals surface area contributed by atoms with Crippen LogP contribution in [0.1, 0.15) is 33.1 Å². The van der Waals surface area contributed by atoms with Crippen molar-refractivity contribution >= 4 is 22.8 Å². The summed E-state index contributed by atoms with van der Waals surface area (Å²) in [6, 6.07) is 15.3. The zero-order chi connectivity index (χ0) is 22.2. The van der Waals surface area contributed by atoms with Crippen LogP contribution in [-0.4, -0.2) is 25.8 Å². The maximum atomic E-state index is 13.4. The summed E-state index contributed by atoms with van der Waals surface area (Å²) in [6.07, 6.45) is 1.66. The number of nitrogens with zero attached hydrogens (tertiary/aromatic N) is 4. The third-order valence-corrected chi connectivity index (χ3v) is 5.31. The first-order chi connectivity index (χ1) is 15.5. The number of furan rings is 1. The number of amides is 1. The van der Waals surface area contributed by atoms with Crippen LogP contribution in [0, 0.1) is 20.8 Å². The van der Waals surface area contributed by atoms with Crippen molar-refractivity contribution in [2.45, 2.75) is 27.3 Å². The van der Waals surface area contributed by atoms with Crippen LogP contribution in [0.3, 0.4) is 0 Å². The van der Waals surface area contributed by atoms with Gasteiger partial charge in [0.25, 0.3) is 11.6 Å².